The van der Waals surface area contributed by atoms with Gasteiger partial charge >= 0.3 is 0 Å². The number of carbonyl (C=O) groups is 1. The molecule has 0 spiro atoms. The fourth-order valence-electron chi connectivity index (χ4n) is 0.529. The van der Waals surface area contributed by atoms with Crippen LogP contribution in [0.2, 0.25) is 0 Å². The van der Waals surface area contributed by atoms with E-state index in [1.165, 1.54) is 0 Å². The largest absolute Gasteiger partial charge is 0.399 e. The van der Waals surface area contributed by atoms with E-state index < -0.39 is 0 Å². The third-order valence-electron chi connectivity index (χ3n) is 0.962. The maximum atomic E-state index is 11.0. The zero-order chi connectivity index (χ0) is 7.65. The SMILES string of the molecule is [B]N(C)C(=O)C(C)(C)C. The molecular formula is C6H12BNO. The van der Waals surface area contributed by atoms with Crippen molar-refractivity contribution in [3.63, 3.8) is 0 Å². The monoisotopic (exact) mass is 125 g/mol. The quantitative estimate of drug-likeness (QED) is 0.433. The van der Waals surface area contributed by atoms with Crippen LogP contribution >= 0.6 is 0 Å². The van der Waals surface area contributed by atoms with Crippen molar-refractivity contribution in [1.29, 1.82) is 0 Å². The van der Waals surface area contributed by atoms with Gasteiger partial charge in [-0.25, -0.2) is 0 Å². The second kappa shape index (κ2) is 2.42. The normalized spacial score (nSPS) is 11.1. The predicted octanol–water partition coefficient (Wildman–Crippen LogP) is 0.574. The second-order valence-electron chi connectivity index (χ2n) is 3.17. The lowest BCUT2D eigenvalue weighted by Crippen LogP contribution is -2.34. The lowest BCUT2D eigenvalue weighted by atomic mass is 9.94. The molecule has 1 amide bonds. The molecule has 2 radical (unpaired) electrons. The maximum Gasteiger partial charge on any atom is 0.230 e. The van der Waals surface area contributed by atoms with Crippen LogP contribution in [-0.2, 0) is 4.79 Å². The summed E-state index contributed by atoms with van der Waals surface area (Å²) >= 11 is 0. The maximum absolute atomic E-state index is 11.0. The van der Waals surface area contributed by atoms with Crippen LogP contribution in [0.15, 0.2) is 0 Å². The molecule has 3 heteroatoms. The van der Waals surface area contributed by atoms with Gasteiger partial charge in [0.2, 0.25) is 13.9 Å². The highest BCUT2D eigenvalue weighted by Crippen LogP contribution is 2.14. The average molecular weight is 125 g/mol. The van der Waals surface area contributed by atoms with Gasteiger partial charge in [-0.3, -0.25) is 4.79 Å². The topological polar surface area (TPSA) is 20.3 Å². The van der Waals surface area contributed by atoms with Crippen molar-refractivity contribution in [3.05, 3.63) is 0 Å². The average Bonchev–Trinajstić information content (AvgIpc) is 1.62. The summed E-state index contributed by atoms with van der Waals surface area (Å²) in [5.74, 6) is -0.0532. The van der Waals surface area contributed by atoms with Crippen molar-refractivity contribution < 1.29 is 4.79 Å². The van der Waals surface area contributed by atoms with Crippen LogP contribution < -0.4 is 0 Å². The summed E-state index contributed by atoms with van der Waals surface area (Å²) in [5, 5.41) is 0. The first-order chi connectivity index (χ1) is 3.85. The minimum atomic E-state index is -0.358. The highest BCUT2D eigenvalue weighted by atomic mass is 16.2. The zero-order valence-corrected chi connectivity index (χ0v) is 6.43. The van der Waals surface area contributed by atoms with Gasteiger partial charge in [-0.05, 0) is 7.05 Å². The molecule has 0 aromatic rings. The molecular weight excluding hydrogens is 113 g/mol. The summed E-state index contributed by atoms with van der Waals surface area (Å²) in [6, 6.07) is 0. The lowest BCUT2D eigenvalue weighted by Gasteiger charge is -2.22. The van der Waals surface area contributed by atoms with Crippen LogP contribution in [0.1, 0.15) is 20.8 Å². The third-order valence-corrected chi connectivity index (χ3v) is 0.962. The van der Waals surface area contributed by atoms with Crippen LogP contribution in [-0.4, -0.2) is 25.7 Å². The Bertz CT molecular complexity index is 115. The van der Waals surface area contributed by atoms with E-state index in [1.807, 2.05) is 20.8 Å². The number of carbonyl (C=O) groups excluding carboxylic acids is 1. The van der Waals surface area contributed by atoms with Crippen LogP contribution in [0.25, 0.3) is 0 Å². The Morgan fingerprint density at radius 3 is 1.78 bits per heavy atom. The van der Waals surface area contributed by atoms with Crippen molar-refractivity contribution in [1.82, 2.24) is 4.81 Å². The Labute approximate surface area is 57.7 Å². The Hall–Kier alpha value is -0.465. The van der Waals surface area contributed by atoms with Gasteiger partial charge in [0.25, 0.3) is 0 Å². The first-order valence-corrected chi connectivity index (χ1v) is 2.88. The van der Waals surface area contributed by atoms with Crippen molar-refractivity contribution in [2.45, 2.75) is 20.8 Å². The summed E-state index contributed by atoms with van der Waals surface area (Å²) in [7, 11) is 6.76. The second-order valence-corrected chi connectivity index (χ2v) is 3.17. The predicted molar refractivity (Wildman–Crippen MR) is 38.0 cm³/mol. The first-order valence-electron chi connectivity index (χ1n) is 2.88. The zero-order valence-electron chi connectivity index (χ0n) is 6.43. The number of nitrogens with zero attached hydrogens (tertiary/aromatic N) is 1. The summed E-state index contributed by atoms with van der Waals surface area (Å²) < 4.78 is 0. The van der Waals surface area contributed by atoms with Gasteiger partial charge in [-0.15, -0.1) is 0 Å². The van der Waals surface area contributed by atoms with Gasteiger partial charge in [0.05, 0.1) is 0 Å². The minimum Gasteiger partial charge on any atom is -0.399 e. The molecule has 0 aromatic carbocycles. The van der Waals surface area contributed by atoms with E-state index in [0.29, 0.717) is 0 Å². The van der Waals surface area contributed by atoms with E-state index >= 15 is 0 Å². The number of hydrogen-bond donors (Lipinski definition) is 0. The molecule has 9 heavy (non-hydrogen) atoms. The van der Waals surface area contributed by atoms with Crippen molar-refractivity contribution >= 4 is 13.9 Å². The molecule has 0 aliphatic heterocycles. The lowest BCUT2D eigenvalue weighted by molar-refractivity contribution is -0.133. The van der Waals surface area contributed by atoms with Gasteiger partial charge in [-0.1, -0.05) is 20.8 Å². The summed E-state index contributed by atoms with van der Waals surface area (Å²) in [4.78, 5) is 12.1. The Morgan fingerprint density at radius 1 is 1.44 bits per heavy atom. The number of amides is 1. The van der Waals surface area contributed by atoms with Crippen molar-refractivity contribution in [2.75, 3.05) is 7.05 Å². The van der Waals surface area contributed by atoms with Gasteiger partial charge < -0.3 is 4.81 Å². The van der Waals surface area contributed by atoms with Gasteiger partial charge in [0.1, 0.15) is 0 Å². The molecule has 0 saturated heterocycles. The number of hydrogen-bond acceptors (Lipinski definition) is 1. The van der Waals surface area contributed by atoms with Crippen LogP contribution in [0.3, 0.4) is 0 Å². The fraction of sp³-hybridized carbons (Fsp3) is 0.833. The van der Waals surface area contributed by atoms with Crippen molar-refractivity contribution in [2.24, 2.45) is 5.41 Å². The van der Waals surface area contributed by atoms with E-state index in [4.69, 9.17) is 7.98 Å². The molecule has 0 heterocycles. The van der Waals surface area contributed by atoms with E-state index in [0.717, 1.165) is 4.81 Å². The number of rotatable bonds is 0. The molecule has 0 atom stereocenters. The van der Waals surface area contributed by atoms with Crippen LogP contribution in [0.5, 0.6) is 0 Å². The van der Waals surface area contributed by atoms with Crippen molar-refractivity contribution in [3.8, 4) is 0 Å². The molecule has 0 bridgehead atoms. The molecule has 0 aliphatic rings. The summed E-state index contributed by atoms with van der Waals surface area (Å²) in [5.41, 5.74) is -0.358. The molecule has 0 N–H and O–H groups in total. The highest BCUT2D eigenvalue weighted by Gasteiger charge is 2.21. The third kappa shape index (κ3) is 2.54. The van der Waals surface area contributed by atoms with E-state index in [9.17, 15) is 4.79 Å². The molecule has 0 fully saturated rings. The fourth-order valence-corrected chi connectivity index (χ4v) is 0.529. The highest BCUT2D eigenvalue weighted by molar-refractivity contribution is 6.14. The molecule has 0 rings (SSSR count). The first kappa shape index (κ1) is 8.53. The molecule has 0 aliphatic carbocycles. The van der Waals surface area contributed by atoms with Gasteiger partial charge in [0.15, 0.2) is 0 Å². The molecule has 0 aromatic heterocycles. The van der Waals surface area contributed by atoms with Gasteiger partial charge in [0, 0.05) is 5.41 Å². The molecule has 2 nitrogen and oxygen atoms in total. The van der Waals surface area contributed by atoms with E-state index in [-0.39, 0.29) is 11.3 Å². The summed E-state index contributed by atoms with van der Waals surface area (Å²) in [6.45, 7) is 5.50. The Morgan fingerprint density at radius 2 is 1.78 bits per heavy atom. The van der Waals surface area contributed by atoms with Crippen LogP contribution in [0.4, 0.5) is 0 Å². The smallest absolute Gasteiger partial charge is 0.230 e. The Kier molecular flexibility index (Phi) is 2.29. The summed E-state index contributed by atoms with van der Waals surface area (Å²) in [6.07, 6.45) is 0. The van der Waals surface area contributed by atoms with E-state index in [1.54, 1.807) is 7.05 Å². The molecule has 0 saturated carbocycles. The standard InChI is InChI=1S/C6H12BNO/c1-6(2,3)5(9)8(4)7/h1-4H3. The molecule has 0 unspecified atom stereocenters. The molecule has 50 valence electrons. The minimum absolute atomic E-state index is 0.0532. The van der Waals surface area contributed by atoms with E-state index in [2.05, 4.69) is 0 Å². The van der Waals surface area contributed by atoms with Crippen LogP contribution in [0, 0.1) is 5.41 Å². The van der Waals surface area contributed by atoms with Gasteiger partial charge in [-0.2, -0.15) is 0 Å². The Balaban J connectivity index is 4.06.